The average molecular weight is 197 g/mol. The van der Waals surface area contributed by atoms with Crippen LogP contribution in [0.15, 0.2) is 11.4 Å². The first-order valence-electron chi connectivity index (χ1n) is 4.21. The molecule has 13 heavy (non-hydrogen) atoms. The van der Waals surface area contributed by atoms with Crippen LogP contribution in [0, 0.1) is 6.92 Å². The SMILES string of the molecule is Cc1ccsc1C(=O)NC[C@@H]1CO1. The molecule has 0 spiro atoms. The van der Waals surface area contributed by atoms with Crippen LogP contribution in [0.3, 0.4) is 0 Å². The average Bonchev–Trinajstić information content (AvgIpc) is 2.84. The van der Waals surface area contributed by atoms with Crippen LogP contribution in [0.1, 0.15) is 15.2 Å². The number of aryl methyl sites for hydroxylation is 1. The quantitative estimate of drug-likeness (QED) is 0.739. The van der Waals surface area contributed by atoms with Gasteiger partial charge in [-0.15, -0.1) is 11.3 Å². The maximum absolute atomic E-state index is 11.5. The smallest absolute Gasteiger partial charge is 0.261 e. The minimum atomic E-state index is 0.0167. The van der Waals surface area contributed by atoms with Gasteiger partial charge in [-0.3, -0.25) is 4.79 Å². The van der Waals surface area contributed by atoms with Crippen molar-refractivity contribution in [1.82, 2.24) is 5.32 Å². The summed E-state index contributed by atoms with van der Waals surface area (Å²) in [6, 6.07) is 1.95. The number of hydrogen-bond acceptors (Lipinski definition) is 3. The lowest BCUT2D eigenvalue weighted by molar-refractivity contribution is 0.0954. The molecular weight excluding hydrogens is 186 g/mol. The molecule has 4 heteroatoms. The molecule has 1 atom stereocenters. The molecule has 0 saturated carbocycles. The Labute approximate surface area is 80.7 Å². The Balaban J connectivity index is 1.92. The van der Waals surface area contributed by atoms with Gasteiger partial charge in [-0.05, 0) is 23.9 Å². The van der Waals surface area contributed by atoms with Crippen molar-refractivity contribution in [2.24, 2.45) is 0 Å². The second kappa shape index (κ2) is 3.47. The molecule has 1 N–H and O–H groups in total. The van der Waals surface area contributed by atoms with Gasteiger partial charge in [0.2, 0.25) is 0 Å². The van der Waals surface area contributed by atoms with Gasteiger partial charge in [-0.2, -0.15) is 0 Å². The molecule has 0 bridgehead atoms. The van der Waals surface area contributed by atoms with Crippen LogP contribution in [-0.2, 0) is 4.74 Å². The first kappa shape index (κ1) is 8.72. The Hall–Kier alpha value is -0.870. The van der Waals surface area contributed by atoms with Gasteiger partial charge in [-0.1, -0.05) is 0 Å². The van der Waals surface area contributed by atoms with E-state index in [9.17, 15) is 4.79 Å². The third kappa shape index (κ3) is 2.08. The fourth-order valence-corrected chi connectivity index (χ4v) is 1.92. The zero-order chi connectivity index (χ0) is 9.26. The molecule has 1 fully saturated rings. The highest BCUT2D eigenvalue weighted by Gasteiger charge is 2.23. The molecule has 1 aromatic rings. The van der Waals surface area contributed by atoms with E-state index in [-0.39, 0.29) is 12.0 Å². The molecule has 0 aliphatic carbocycles. The summed E-state index contributed by atoms with van der Waals surface area (Å²) in [6.45, 7) is 3.36. The van der Waals surface area contributed by atoms with Gasteiger partial charge in [0.1, 0.15) is 0 Å². The summed E-state index contributed by atoms with van der Waals surface area (Å²) in [5, 5.41) is 4.76. The van der Waals surface area contributed by atoms with E-state index in [0.29, 0.717) is 6.54 Å². The highest BCUT2D eigenvalue weighted by atomic mass is 32.1. The van der Waals surface area contributed by atoms with Crippen molar-refractivity contribution < 1.29 is 9.53 Å². The second-order valence-electron chi connectivity index (χ2n) is 3.10. The zero-order valence-electron chi connectivity index (χ0n) is 7.37. The minimum Gasteiger partial charge on any atom is -0.371 e. The third-order valence-corrected chi connectivity index (χ3v) is 2.98. The summed E-state index contributed by atoms with van der Waals surface area (Å²) in [4.78, 5) is 12.3. The second-order valence-corrected chi connectivity index (χ2v) is 4.01. The van der Waals surface area contributed by atoms with E-state index in [1.165, 1.54) is 11.3 Å². The van der Waals surface area contributed by atoms with E-state index in [1.54, 1.807) is 0 Å². The number of amides is 1. The molecular formula is C9H11NO2S. The van der Waals surface area contributed by atoms with Crippen molar-refractivity contribution in [3.05, 3.63) is 21.9 Å². The number of nitrogens with one attached hydrogen (secondary N) is 1. The monoisotopic (exact) mass is 197 g/mol. The van der Waals surface area contributed by atoms with Gasteiger partial charge < -0.3 is 10.1 Å². The summed E-state index contributed by atoms with van der Waals surface area (Å²) in [7, 11) is 0. The number of rotatable bonds is 3. The van der Waals surface area contributed by atoms with E-state index in [2.05, 4.69) is 5.32 Å². The predicted molar refractivity (Wildman–Crippen MR) is 51.1 cm³/mol. The van der Waals surface area contributed by atoms with Crippen LogP contribution in [0.2, 0.25) is 0 Å². The molecule has 70 valence electrons. The molecule has 1 aliphatic rings. The third-order valence-electron chi connectivity index (χ3n) is 1.96. The number of carbonyl (C=O) groups is 1. The summed E-state index contributed by atoms with van der Waals surface area (Å²) < 4.78 is 5.00. The van der Waals surface area contributed by atoms with Gasteiger partial charge in [0.15, 0.2) is 0 Å². The van der Waals surface area contributed by atoms with E-state index in [0.717, 1.165) is 17.0 Å². The lowest BCUT2D eigenvalue weighted by atomic mass is 10.3. The molecule has 1 amide bonds. The molecule has 2 heterocycles. The minimum absolute atomic E-state index is 0.0167. The largest absolute Gasteiger partial charge is 0.371 e. The van der Waals surface area contributed by atoms with Crippen molar-refractivity contribution in [1.29, 1.82) is 0 Å². The molecule has 1 saturated heterocycles. The molecule has 0 unspecified atom stereocenters. The molecule has 3 nitrogen and oxygen atoms in total. The van der Waals surface area contributed by atoms with Crippen molar-refractivity contribution in [3.63, 3.8) is 0 Å². The van der Waals surface area contributed by atoms with Gasteiger partial charge in [0, 0.05) is 6.54 Å². The first-order chi connectivity index (χ1) is 6.27. The lowest BCUT2D eigenvalue weighted by Gasteiger charge is -2.00. The van der Waals surface area contributed by atoms with Crippen LogP contribution in [-0.4, -0.2) is 25.2 Å². The van der Waals surface area contributed by atoms with Crippen LogP contribution < -0.4 is 5.32 Å². The van der Waals surface area contributed by atoms with Gasteiger partial charge in [-0.25, -0.2) is 0 Å². The number of thiophene rings is 1. The van der Waals surface area contributed by atoms with Crippen LogP contribution in [0.25, 0.3) is 0 Å². The number of carbonyl (C=O) groups excluding carboxylic acids is 1. The standard InChI is InChI=1S/C9H11NO2S/c1-6-2-3-13-8(6)9(11)10-4-7-5-12-7/h2-3,7H,4-5H2,1H3,(H,10,11)/t7-/m1/s1. The Morgan fingerprint density at radius 1 is 1.85 bits per heavy atom. The fraction of sp³-hybridized carbons (Fsp3) is 0.444. The maximum atomic E-state index is 11.5. The van der Waals surface area contributed by atoms with E-state index < -0.39 is 0 Å². The fourth-order valence-electron chi connectivity index (χ4n) is 1.08. The van der Waals surface area contributed by atoms with E-state index in [1.807, 2.05) is 18.4 Å². The number of ether oxygens (including phenoxy) is 1. The molecule has 0 aromatic carbocycles. The highest BCUT2D eigenvalue weighted by Crippen LogP contribution is 2.15. The summed E-state index contributed by atoms with van der Waals surface area (Å²) >= 11 is 1.48. The van der Waals surface area contributed by atoms with Crippen LogP contribution in [0.4, 0.5) is 0 Å². The van der Waals surface area contributed by atoms with Crippen molar-refractivity contribution in [3.8, 4) is 0 Å². The lowest BCUT2D eigenvalue weighted by Crippen LogP contribution is -2.27. The van der Waals surface area contributed by atoms with Gasteiger partial charge in [0.05, 0.1) is 17.6 Å². The maximum Gasteiger partial charge on any atom is 0.261 e. The Bertz CT molecular complexity index is 317. The number of epoxide rings is 1. The topological polar surface area (TPSA) is 41.6 Å². The Morgan fingerprint density at radius 3 is 3.15 bits per heavy atom. The first-order valence-corrected chi connectivity index (χ1v) is 5.09. The predicted octanol–water partition coefficient (Wildman–Crippen LogP) is 1.19. The summed E-state index contributed by atoms with van der Waals surface area (Å²) in [5.41, 5.74) is 1.04. The molecule has 1 aromatic heterocycles. The van der Waals surface area contributed by atoms with Crippen molar-refractivity contribution in [2.45, 2.75) is 13.0 Å². The zero-order valence-corrected chi connectivity index (χ0v) is 8.19. The Kier molecular flexibility index (Phi) is 2.33. The number of hydrogen-bond donors (Lipinski definition) is 1. The van der Waals surface area contributed by atoms with Gasteiger partial charge in [0.25, 0.3) is 5.91 Å². The Morgan fingerprint density at radius 2 is 2.62 bits per heavy atom. The van der Waals surface area contributed by atoms with Crippen molar-refractivity contribution in [2.75, 3.05) is 13.2 Å². The summed E-state index contributed by atoms with van der Waals surface area (Å²) in [5.74, 6) is 0.0167. The van der Waals surface area contributed by atoms with Crippen molar-refractivity contribution >= 4 is 17.2 Å². The van der Waals surface area contributed by atoms with Gasteiger partial charge >= 0.3 is 0 Å². The van der Waals surface area contributed by atoms with Crippen LogP contribution in [0.5, 0.6) is 0 Å². The van der Waals surface area contributed by atoms with E-state index in [4.69, 9.17) is 4.74 Å². The molecule has 1 aliphatic heterocycles. The normalized spacial score (nSPS) is 19.9. The molecule has 0 radical (unpaired) electrons. The van der Waals surface area contributed by atoms with E-state index >= 15 is 0 Å². The summed E-state index contributed by atoms with van der Waals surface area (Å²) in [6.07, 6.45) is 0.254. The molecule has 2 rings (SSSR count). The van der Waals surface area contributed by atoms with Crippen LogP contribution >= 0.6 is 11.3 Å². The highest BCUT2D eigenvalue weighted by molar-refractivity contribution is 7.12.